The first-order valence-corrected chi connectivity index (χ1v) is 10.4. The predicted molar refractivity (Wildman–Crippen MR) is 115 cm³/mol. The number of hydrogen-bond acceptors (Lipinski definition) is 7. The highest BCUT2D eigenvalue weighted by Crippen LogP contribution is 2.30. The summed E-state index contributed by atoms with van der Waals surface area (Å²) in [6.45, 7) is 9.32. The van der Waals surface area contributed by atoms with Gasteiger partial charge in [0.05, 0.1) is 19.2 Å². The molecule has 2 aromatic heterocycles. The fourth-order valence-corrected chi connectivity index (χ4v) is 4.09. The Hall–Kier alpha value is -2.84. The Bertz CT molecular complexity index is 951. The van der Waals surface area contributed by atoms with Gasteiger partial charge in [0.25, 0.3) is 0 Å². The Morgan fingerprint density at radius 1 is 1.03 bits per heavy atom. The number of nitrogens with zero attached hydrogens (tertiary/aromatic N) is 7. The lowest BCUT2D eigenvalue weighted by molar-refractivity contribution is 0.171. The normalized spacial score (nSPS) is 16.0. The Labute approximate surface area is 177 Å². The van der Waals surface area contributed by atoms with Crippen LogP contribution in [-0.4, -0.2) is 70.0 Å². The summed E-state index contributed by atoms with van der Waals surface area (Å²) >= 11 is 0. The molecule has 4 rings (SSSR count). The molecule has 0 spiro atoms. The minimum atomic E-state index is -0.0133. The number of aromatic nitrogens is 5. The number of anilines is 1. The zero-order valence-corrected chi connectivity index (χ0v) is 17.9. The number of rotatable bonds is 7. The highest BCUT2D eigenvalue weighted by Gasteiger charge is 2.30. The van der Waals surface area contributed by atoms with E-state index in [1.165, 1.54) is 16.8 Å². The molecule has 0 unspecified atom stereocenters. The fourth-order valence-electron chi connectivity index (χ4n) is 4.09. The number of benzene rings is 1. The summed E-state index contributed by atoms with van der Waals surface area (Å²) in [6, 6.07) is 10.8. The molecule has 0 amide bonds. The zero-order chi connectivity index (χ0) is 20.9. The van der Waals surface area contributed by atoms with Crippen LogP contribution in [0.2, 0.25) is 0 Å². The second-order valence-electron chi connectivity index (χ2n) is 7.75. The van der Waals surface area contributed by atoms with Crippen LogP contribution in [-0.2, 0) is 11.3 Å². The van der Waals surface area contributed by atoms with Gasteiger partial charge in [0.15, 0.2) is 5.82 Å². The van der Waals surface area contributed by atoms with Crippen LogP contribution in [0.3, 0.4) is 0 Å². The minimum Gasteiger partial charge on any atom is -0.383 e. The van der Waals surface area contributed by atoms with E-state index >= 15 is 0 Å². The largest absolute Gasteiger partial charge is 0.383 e. The van der Waals surface area contributed by atoms with E-state index in [1.54, 1.807) is 7.11 Å². The zero-order valence-electron chi connectivity index (χ0n) is 17.9. The molecule has 8 nitrogen and oxygen atoms in total. The first-order valence-electron chi connectivity index (χ1n) is 10.4. The van der Waals surface area contributed by atoms with E-state index < -0.39 is 0 Å². The van der Waals surface area contributed by atoms with Crippen LogP contribution in [0.4, 0.5) is 5.69 Å². The highest BCUT2D eigenvalue weighted by molar-refractivity contribution is 5.55. The van der Waals surface area contributed by atoms with Crippen molar-refractivity contribution in [3.05, 3.63) is 65.2 Å². The average molecular weight is 408 g/mol. The molecule has 0 saturated carbocycles. The summed E-state index contributed by atoms with van der Waals surface area (Å²) in [6.07, 6.45) is 3.66. The van der Waals surface area contributed by atoms with Crippen LogP contribution in [0, 0.1) is 13.8 Å². The summed E-state index contributed by atoms with van der Waals surface area (Å²) in [7, 11) is 1.69. The number of methoxy groups -OCH3 is 1. The summed E-state index contributed by atoms with van der Waals surface area (Å²) in [5.41, 5.74) is 5.10. The topological polar surface area (TPSA) is 72.2 Å². The van der Waals surface area contributed by atoms with E-state index in [-0.39, 0.29) is 6.04 Å². The Kier molecular flexibility index (Phi) is 6.35. The molecule has 0 radical (unpaired) electrons. The molecule has 0 bridgehead atoms. The highest BCUT2D eigenvalue weighted by atomic mass is 16.5. The molecular weight excluding hydrogens is 378 g/mol. The van der Waals surface area contributed by atoms with Gasteiger partial charge in [-0.2, -0.15) is 0 Å². The third-order valence-corrected chi connectivity index (χ3v) is 5.72. The molecule has 1 saturated heterocycles. The molecular formula is C22H29N7O. The van der Waals surface area contributed by atoms with Crippen molar-refractivity contribution < 1.29 is 4.74 Å². The molecule has 1 aliphatic heterocycles. The molecule has 1 atom stereocenters. The van der Waals surface area contributed by atoms with Crippen molar-refractivity contribution in [3.63, 3.8) is 0 Å². The monoisotopic (exact) mass is 407 g/mol. The summed E-state index contributed by atoms with van der Waals surface area (Å²) in [4.78, 5) is 9.14. The molecule has 0 N–H and O–H groups in total. The smallest absolute Gasteiger partial charge is 0.173 e. The molecule has 30 heavy (non-hydrogen) atoms. The van der Waals surface area contributed by atoms with Gasteiger partial charge >= 0.3 is 0 Å². The van der Waals surface area contributed by atoms with Crippen LogP contribution in [0.25, 0.3) is 0 Å². The Balaban J connectivity index is 1.57. The maximum Gasteiger partial charge on any atom is 0.173 e. The number of ether oxygens (including phenoxy) is 1. The van der Waals surface area contributed by atoms with E-state index in [0.29, 0.717) is 13.2 Å². The van der Waals surface area contributed by atoms with E-state index in [1.807, 2.05) is 17.1 Å². The van der Waals surface area contributed by atoms with Crippen molar-refractivity contribution in [3.8, 4) is 0 Å². The van der Waals surface area contributed by atoms with Gasteiger partial charge in [-0.15, -0.1) is 5.10 Å². The van der Waals surface area contributed by atoms with Gasteiger partial charge < -0.3 is 9.64 Å². The van der Waals surface area contributed by atoms with E-state index in [9.17, 15) is 0 Å². The summed E-state index contributed by atoms with van der Waals surface area (Å²) in [5.74, 6) is 0.846. The molecule has 8 heteroatoms. The second kappa shape index (κ2) is 9.32. The quantitative estimate of drug-likeness (QED) is 0.595. The van der Waals surface area contributed by atoms with Gasteiger partial charge in [-0.05, 0) is 59.2 Å². The minimum absolute atomic E-state index is 0.0133. The summed E-state index contributed by atoms with van der Waals surface area (Å²) < 4.78 is 7.09. The molecule has 1 fully saturated rings. The van der Waals surface area contributed by atoms with E-state index in [4.69, 9.17) is 4.74 Å². The van der Waals surface area contributed by atoms with Crippen molar-refractivity contribution in [2.75, 3.05) is 44.8 Å². The number of hydrogen-bond donors (Lipinski definition) is 0. The standard InChI is InChI=1S/C22H29N7O/c1-17-4-5-18(2)20(16-17)27-10-12-28(13-11-27)21(19-6-8-23-9-7-19)22-24-25-26-29(22)14-15-30-3/h4-9,16,21H,10-15H2,1-3H3/t21-/m1/s1. The lowest BCUT2D eigenvalue weighted by Crippen LogP contribution is -2.48. The van der Waals surface area contributed by atoms with Crippen molar-refractivity contribution >= 4 is 5.69 Å². The van der Waals surface area contributed by atoms with Crippen molar-refractivity contribution in [1.29, 1.82) is 0 Å². The molecule has 158 valence electrons. The molecule has 1 aliphatic rings. The molecule has 3 aromatic rings. The van der Waals surface area contributed by atoms with Crippen LogP contribution in [0.1, 0.15) is 28.6 Å². The fraction of sp³-hybridized carbons (Fsp3) is 0.455. The SMILES string of the molecule is COCCn1nnnc1[C@@H](c1ccncc1)N1CCN(c2cc(C)ccc2C)CC1. The average Bonchev–Trinajstić information content (AvgIpc) is 3.23. The molecule has 0 aliphatic carbocycles. The van der Waals surface area contributed by atoms with Gasteiger partial charge in [-0.3, -0.25) is 9.88 Å². The van der Waals surface area contributed by atoms with E-state index in [2.05, 4.69) is 74.5 Å². The number of piperazine rings is 1. The third-order valence-electron chi connectivity index (χ3n) is 5.72. The second-order valence-corrected chi connectivity index (χ2v) is 7.75. The maximum absolute atomic E-state index is 5.24. The number of pyridine rings is 1. The van der Waals surface area contributed by atoms with Gasteiger partial charge in [-0.25, -0.2) is 4.68 Å². The first-order chi connectivity index (χ1) is 14.7. The van der Waals surface area contributed by atoms with Crippen molar-refractivity contribution in [1.82, 2.24) is 30.1 Å². The third kappa shape index (κ3) is 4.34. The number of tetrazole rings is 1. The molecule has 3 heterocycles. The van der Waals surface area contributed by atoms with Crippen LogP contribution >= 0.6 is 0 Å². The van der Waals surface area contributed by atoms with Crippen LogP contribution < -0.4 is 4.90 Å². The lowest BCUT2D eigenvalue weighted by Gasteiger charge is -2.40. The van der Waals surface area contributed by atoms with Crippen LogP contribution in [0.15, 0.2) is 42.7 Å². The van der Waals surface area contributed by atoms with E-state index in [0.717, 1.165) is 37.6 Å². The summed E-state index contributed by atoms with van der Waals surface area (Å²) in [5, 5.41) is 12.6. The van der Waals surface area contributed by atoms with Gasteiger partial charge in [0, 0.05) is 51.4 Å². The number of aryl methyl sites for hydroxylation is 2. The lowest BCUT2D eigenvalue weighted by atomic mass is 10.0. The Morgan fingerprint density at radius 3 is 2.53 bits per heavy atom. The van der Waals surface area contributed by atoms with Gasteiger partial charge in [-0.1, -0.05) is 12.1 Å². The van der Waals surface area contributed by atoms with Gasteiger partial charge in [0.1, 0.15) is 0 Å². The first kappa shape index (κ1) is 20.4. The molecule has 1 aromatic carbocycles. The van der Waals surface area contributed by atoms with Crippen molar-refractivity contribution in [2.45, 2.75) is 26.4 Å². The maximum atomic E-state index is 5.24. The van der Waals surface area contributed by atoms with Crippen molar-refractivity contribution in [2.24, 2.45) is 0 Å². The predicted octanol–water partition coefficient (Wildman–Crippen LogP) is 2.24. The van der Waals surface area contributed by atoms with Crippen LogP contribution in [0.5, 0.6) is 0 Å². The Morgan fingerprint density at radius 2 is 1.80 bits per heavy atom. The van der Waals surface area contributed by atoms with Gasteiger partial charge in [0.2, 0.25) is 0 Å².